The standard InChI is InChI=1S/C24H25FNO5P/c1-5-31-22(27)24(29,32-30)23(4,28)20-19(15-10-12-16(25)13-11-15)17-8-6-7-9-18(17)26-21(20)14(2)3/h5-14,28-29H,1,32H2,2-4H3. The highest BCUT2D eigenvalue weighted by atomic mass is 31.1. The van der Waals surface area contributed by atoms with Gasteiger partial charge in [0.1, 0.15) is 19.9 Å². The van der Waals surface area contributed by atoms with Crippen LogP contribution in [0.15, 0.2) is 61.4 Å². The van der Waals surface area contributed by atoms with Crippen LogP contribution < -0.4 is 0 Å². The number of para-hydroxylation sites is 1. The average Bonchev–Trinajstić information content (AvgIpc) is 2.77. The fourth-order valence-corrected chi connectivity index (χ4v) is 4.31. The minimum atomic E-state index is -2.76. The zero-order chi connectivity index (χ0) is 23.7. The zero-order valence-electron chi connectivity index (χ0n) is 18.0. The van der Waals surface area contributed by atoms with Crippen LogP contribution >= 0.6 is 8.46 Å². The summed E-state index contributed by atoms with van der Waals surface area (Å²) < 4.78 is 30.6. The van der Waals surface area contributed by atoms with Gasteiger partial charge in [-0.3, -0.25) is 4.98 Å². The third-order valence-corrected chi connectivity index (χ3v) is 6.64. The molecule has 32 heavy (non-hydrogen) atoms. The number of nitrogens with zero attached hydrogens (tertiary/aromatic N) is 1. The van der Waals surface area contributed by atoms with Crippen molar-refractivity contribution in [1.82, 2.24) is 4.98 Å². The van der Waals surface area contributed by atoms with Crippen LogP contribution in [-0.2, 0) is 19.7 Å². The molecule has 0 saturated carbocycles. The highest BCUT2D eigenvalue weighted by Crippen LogP contribution is 2.48. The molecule has 0 aliphatic rings. The Bertz CT molecular complexity index is 1190. The number of carbonyl (C=O) groups is 1. The van der Waals surface area contributed by atoms with Crippen LogP contribution in [0, 0.1) is 5.82 Å². The second-order valence-corrected chi connectivity index (χ2v) is 9.03. The summed E-state index contributed by atoms with van der Waals surface area (Å²) in [6.07, 6.45) is 0.793. The number of carbonyl (C=O) groups excluding carboxylic acids is 1. The monoisotopic (exact) mass is 457 g/mol. The van der Waals surface area contributed by atoms with E-state index in [0.717, 1.165) is 6.26 Å². The van der Waals surface area contributed by atoms with Crippen LogP contribution in [0.2, 0.25) is 0 Å². The molecule has 2 aromatic carbocycles. The van der Waals surface area contributed by atoms with Crippen molar-refractivity contribution < 1.29 is 28.7 Å². The lowest BCUT2D eigenvalue weighted by atomic mass is 9.79. The molecule has 0 saturated heterocycles. The lowest BCUT2D eigenvalue weighted by molar-refractivity contribution is -0.171. The molecular weight excluding hydrogens is 432 g/mol. The van der Waals surface area contributed by atoms with Crippen molar-refractivity contribution in [2.24, 2.45) is 0 Å². The predicted octanol–water partition coefficient (Wildman–Crippen LogP) is 4.50. The Morgan fingerprint density at radius 3 is 2.38 bits per heavy atom. The number of benzene rings is 2. The van der Waals surface area contributed by atoms with Gasteiger partial charge in [0.25, 0.3) is 0 Å². The van der Waals surface area contributed by atoms with Gasteiger partial charge in [-0.25, -0.2) is 9.18 Å². The second-order valence-electron chi connectivity index (χ2n) is 7.95. The summed E-state index contributed by atoms with van der Waals surface area (Å²) in [7, 11) is -2.25. The van der Waals surface area contributed by atoms with Crippen molar-refractivity contribution in [3.8, 4) is 11.1 Å². The molecule has 8 heteroatoms. The Labute approximate surface area is 186 Å². The van der Waals surface area contributed by atoms with Crippen molar-refractivity contribution in [3.05, 3.63) is 78.4 Å². The number of pyridine rings is 1. The van der Waals surface area contributed by atoms with Gasteiger partial charge in [-0.15, -0.1) is 0 Å². The number of halogens is 1. The smallest absolute Gasteiger partial charge is 0.353 e. The predicted molar refractivity (Wildman–Crippen MR) is 122 cm³/mol. The minimum Gasteiger partial charge on any atom is -0.433 e. The molecule has 0 aliphatic heterocycles. The number of aliphatic hydroxyl groups is 2. The first-order valence-corrected chi connectivity index (χ1v) is 11.1. The average molecular weight is 457 g/mol. The number of aromatic nitrogens is 1. The fourth-order valence-electron chi connectivity index (χ4n) is 3.78. The fraction of sp³-hybridized carbons (Fsp3) is 0.250. The summed E-state index contributed by atoms with van der Waals surface area (Å²) >= 11 is 0. The number of ether oxygens (including phenoxy) is 1. The van der Waals surface area contributed by atoms with E-state index in [1.807, 2.05) is 19.9 Å². The molecule has 1 heterocycles. The normalized spacial score (nSPS) is 15.6. The van der Waals surface area contributed by atoms with Gasteiger partial charge in [-0.05, 0) is 42.2 Å². The van der Waals surface area contributed by atoms with Gasteiger partial charge in [0.2, 0.25) is 5.34 Å². The molecule has 0 spiro atoms. The van der Waals surface area contributed by atoms with Crippen molar-refractivity contribution in [2.45, 2.75) is 37.6 Å². The Kier molecular flexibility index (Phi) is 6.65. The van der Waals surface area contributed by atoms with Crippen molar-refractivity contribution in [1.29, 1.82) is 0 Å². The van der Waals surface area contributed by atoms with Gasteiger partial charge in [0, 0.05) is 10.9 Å². The molecule has 0 radical (unpaired) electrons. The van der Waals surface area contributed by atoms with Crippen LogP contribution in [0.5, 0.6) is 0 Å². The van der Waals surface area contributed by atoms with Crippen LogP contribution in [0.1, 0.15) is 37.9 Å². The van der Waals surface area contributed by atoms with E-state index in [4.69, 9.17) is 4.74 Å². The summed E-state index contributed by atoms with van der Waals surface area (Å²) in [6.45, 7) is 8.18. The summed E-state index contributed by atoms with van der Waals surface area (Å²) in [6, 6.07) is 12.8. The Morgan fingerprint density at radius 1 is 1.19 bits per heavy atom. The second kappa shape index (κ2) is 8.94. The van der Waals surface area contributed by atoms with Crippen LogP contribution in [0.25, 0.3) is 22.0 Å². The molecule has 0 aliphatic carbocycles. The molecule has 3 rings (SSSR count). The Balaban J connectivity index is 2.51. The number of esters is 1. The lowest BCUT2D eigenvalue weighted by Gasteiger charge is -2.38. The number of hydrogen-bond donors (Lipinski definition) is 2. The summed E-state index contributed by atoms with van der Waals surface area (Å²) in [5.74, 6) is -1.99. The van der Waals surface area contributed by atoms with Gasteiger partial charge >= 0.3 is 5.97 Å². The molecule has 0 amide bonds. The molecular formula is C24H25FNO5P. The first kappa shape index (κ1) is 23.8. The van der Waals surface area contributed by atoms with E-state index in [9.17, 15) is 24.0 Å². The Hall–Kier alpha value is -2.86. The molecule has 0 bridgehead atoms. The number of fused-ring (bicyclic) bond motifs is 1. The summed E-state index contributed by atoms with van der Waals surface area (Å²) in [5, 5.41) is 20.7. The highest BCUT2D eigenvalue weighted by Gasteiger charge is 2.56. The van der Waals surface area contributed by atoms with Crippen molar-refractivity contribution >= 4 is 25.3 Å². The van der Waals surface area contributed by atoms with E-state index in [2.05, 4.69) is 11.6 Å². The van der Waals surface area contributed by atoms with Gasteiger partial charge in [0.05, 0.1) is 17.5 Å². The molecule has 1 aromatic heterocycles. The van der Waals surface area contributed by atoms with E-state index in [1.165, 1.54) is 31.2 Å². The van der Waals surface area contributed by atoms with E-state index < -0.39 is 31.2 Å². The summed E-state index contributed by atoms with van der Waals surface area (Å²) in [5.41, 5.74) is -0.272. The zero-order valence-corrected chi connectivity index (χ0v) is 19.2. The first-order chi connectivity index (χ1) is 15.1. The largest absolute Gasteiger partial charge is 0.433 e. The first-order valence-electron chi connectivity index (χ1n) is 10.0. The van der Waals surface area contributed by atoms with E-state index >= 15 is 0 Å². The van der Waals surface area contributed by atoms with Gasteiger partial charge in [0.15, 0.2) is 0 Å². The highest BCUT2D eigenvalue weighted by molar-refractivity contribution is 7.27. The molecule has 168 valence electrons. The minimum absolute atomic E-state index is 0.115. The molecule has 3 unspecified atom stereocenters. The number of rotatable bonds is 7. The molecule has 6 nitrogen and oxygen atoms in total. The third-order valence-electron chi connectivity index (χ3n) is 5.50. The van der Waals surface area contributed by atoms with E-state index in [1.54, 1.807) is 18.2 Å². The topological polar surface area (TPSA) is 96.7 Å². The van der Waals surface area contributed by atoms with Crippen LogP contribution in [-0.4, -0.2) is 26.5 Å². The summed E-state index contributed by atoms with van der Waals surface area (Å²) in [4.78, 5) is 17.3. The van der Waals surface area contributed by atoms with Crippen LogP contribution in [0.3, 0.4) is 0 Å². The molecule has 3 atom stereocenters. The maximum absolute atomic E-state index is 13.7. The van der Waals surface area contributed by atoms with Crippen molar-refractivity contribution in [2.75, 3.05) is 0 Å². The maximum Gasteiger partial charge on any atom is 0.353 e. The molecule has 0 fully saturated rings. The van der Waals surface area contributed by atoms with Gasteiger partial charge in [-0.2, -0.15) is 0 Å². The van der Waals surface area contributed by atoms with Crippen molar-refractivity contribution in [3.63, 3.8) is 0 Å². The van der Waals surface area contributed by atoms with Gasteiger partial charge < -0.3 is 19.5 Å². The lowest BCUT2D eigenvalue weighted by Crippen LogP contribution is -2.52. The van der Waals surface area contributed by atoms with E-state index in [-0.39, 0.29) is 11.5 Å². The number of hydrogen-bond acceptors (Lipinski definition) is 6. The van der Waals surface area contributed by atoms with Gasteiger partial charge in [-0.1, -0.05) is 50.8 Å². The quantitative estimate of drug-likeness (QED) is 0.308. The SMILES string of the molecule is C=COC(=O)C(O)([PH2]=O)C(C)(O)c1c(C(C)C)nc2ccccc2c1-c1ccc(F)cc1. The third kappa shape index (κ3) is 3.88. The molecule has 2 N–H and O–H groups in total. The van der Waals surface area contributed by atoms with Crippen LogP contribution in [0.4, 0.5) is 4.39 Å². The molecule has 3 aromatic rings. The van der Waals surface area contributed by atoms with E-state index in [0.29, 0.717) is 27.7 Å². The maximum atomic E-state index is 13.7. The Morgan fingerprint density at radius 2 is 1.81 bits per heavy atom.